The van der Waals surface area contributed by atoms with Gasteiger partial charge in [-0.05, 0) is 47.4 Å². The van der Waals surface area contributed by atoms with E-state index in [-0.39, 0.29) is 11.9 Å². The van der Waals surface area contributed by atoms with Gasteiger partial charge in [0.2, 0.25) is 5.91 Å². The topological polar surface area (TPSA) is 42.0 Å². The summed E-state index contributed by atoms with van der Waals surface area (Å²) in [6.07, 6.45) is 7.40. The van der Waals surface area contributed by atoms with Gasteiger partial charge in [0.15, 0.2) is 0 Å². The highest BCUT2D eigenvalue weighted by Crippen LogP contribution is 2.20. The molecule has 1 atom stereocenters. The first-order valence-corrected chi connectivity index (χ1v) is 8.76. The molecule has 0 aliphatic heterocycles. The van der Waals surface area contributed by atoms with Crippen LogP contribution in [0.5, 0.6) is 0 Å². The number of carbonyl (C=O) groups is 1. The number of aromatic nitrogens is 1. The van der Waals surface area contributed by atoms with E-state index < -0.39 is 0 Å². The maximum Gasteiger partial charge on any atom is 0.244 e. The van der Waals surface area contributed by atoms with Crippen LogP contribution in [0.25, 0.3) is 6.08 Å². The second-order valence-electron chi connectivity index (χ2n) is 5.92. The molecular formula is C22H19ClN2O. The van der Waals surface area contributed by atoms with E-state index >= 15 is 0 Å². The molecule has 0 saturated heterocycles. The highest BCUT2D eigenvalue weighted by atomic mass is 35.5. The first-order valence-electron chi connectivity index (χ1n) is 8.39. The SMILES string of the molecule is O=C(C=Cc1cccnc1)NC(Cc1ccc(Cl)cc1)c1ccccc1. The predicted octanol–water partition coefficient (Wildman–Crippen LogP) is 4.85. The molecule has 0 spiro atoms. The largest absolute Gasteiger partial charge is 0.345 e. The van der Waals surface area contributed by atoms with E-state index in [0.717, 1.165) is 16.7 Å². The molecule has 1 heterocycles. The van der Waals surface area contributed by atoms with Crippen molar-refractivity contribution in [3.8, 4) is 0 Å². The van der Waals surface area contributed by atoms with Crippen LogP contribution in [-0.4, -0.2) is 10.9 Å². The molecule has 4 heteroatoms. The zero-order valence-electron chi connectivity index (χ0n) is 14.2. The number of rotatable bonds is 6. The minimum absolute atomic E-state index is 0.122. The maximum atomic E-state index is 12.4. The van der Waals surface area contributed by atoms with Gasteiger partial charge < -0.3 is 5.32 Å². The number of hydrogen-bond acceptors (Lipinski definition) is 2. The van der Waals surface area contributed by atoms with Crippen molar-refractivity contribution in [2.24, 2.45) is 0 Å². The van der Waals surface area contributed by atoms with Crippen LogP contribution < -0.4 is 5.32 Å². The predicted molar refractivity (Wildman–Crippen MR) is 106 cm³/mol. The molecule has 1 unspecified atom stereocenters. The van der Waals surface area contributed by atoms with Crippen molar-refractivity contribution in [1.82, 2.24) is 10.3 Å². The third-order valence-electron chi connectivity index (χ3n) is 3.98. The summed E-state index contributed by atoms with van der Waals surface area (Å²) in [4.78, 5) is 16.4. The highest BCUT2D eigenvalue weighted by molar-refractivity contribution is 6.30. The Balaban J connectivity index is 1.74. The van der Waals surface area contributed by atoms with Gasteiger partial charge in [-0.2, -0.15) is 0 Å². The second kappa shape index (κ2) is 8.97. The molecular weight excluding hydrogens is 344 g/mol. The lowest BCUT2D eigenvalue weighted by Gasteiger charge is -2.19. The summed E-state index contributed by atoms with van der Waals surface area (Å²) in [7, 11) is 0. The number of carbonyl (C=O) groups excluding carboxylic acids is 1. The first-order chi connectivity index (χ1) is 12.7. The lowest BCUT2D eigenvalue weighted by atomic mass is 9.99. The van der Waals surface area contributed by atoms with Gasteiger partial charge in [0.05, 0.1) is 6.04 Å². The van der Waals surface area contributed by atoms with Crippen molar-refractivity contribution in [1.29, 1.82) is 0 Å². The van der Waals surface area contributed by atoms with Crippen molar-refractivity contribution in [2.75, 3.05) is 0 Å². The van der Waals surface area contributed by atoms with E-state index in [4.69, 9.17) is 11.6 Å². The summed E-state index contributed by atoms with van der Waals surface area (Å²) in [5, 5.41) is 3.79. The summed E-state index contributed by atoms with van der Waals surface area (Å²) >= 11 is 5.97. The molecule has 0 bridgehead atoms. The number of benzene rings is 2. The van der Waals surface area contributed by atoms with Crippen molar-refractivity contribution in [3.63, 3.8) is 0 Å². The molecule has 0 aliphatic rings. The Morgan fingerprint density at radius 3 is 2.50 bits per heavy atom. The Hall–Kier alpha value is -2.91. The number of halogens is 1. The average Bonchev–Trinajstić information content (AvgIpc) is 2.69. The minimum atomic E-state index is -0.142. The normalized spacial score (nSPS) is 12.0. The van der Waals surface area contributed by atoms with E-state index in [0.29, 0.717) is 11.4 Å². The number of nitrogens with zero attached hydrogens (tertiary/aromatic N) is 1. The number of nitrogens with one attached hydrogen (secondary N) is 1. The second-order valence-corrected chi connectivity index (χ2v) is 6.36. The fourth-order valence-corrected chi connectivity index (χ4v) is 2.79. The van der Waals surface area contributed by atoms with E-state index in [1.54, 1.807) is 18.5 Å². The third-order valence-corrected chi connectivity index (χ3v) is 4.24. The molecule has 0 saturated carbocycles. The molecule has 0 radical (unpaired) electrons. The maximum absolute atomic E-state index is 12.4. The van der Waals surface area contributed by atoms with Crippen LogP contribution in [0.1, 0.15) is 22.7 Å². The van der Waals surface area contributed by atoms with Gasteiger partial charge in [-0.15, -0.1) is 0 Å². The molecule has 1 N–H and O–H groups in total. The molecule has 3 rings (SSSR count). The highest BCUT2D eigenvalue weighted by Gasteiger charge is 2.14. The van der Waals surface area contributed by atoms with Crippen LogP contribution in [0.3, 0.4) is 0 Å². The van der Waals surface area contributed by atoms with Crippen molar-refractivity contribution in [2.45, 2.75) is 12.5 Å². The average molecular weight is 363 g/mol. The zero-order chi connectivity index (χ0) is 18.2. The molecule has 2 aromatic carbocycles. The zero-order valence-corrected chi connectivity index (χ0v) is 14.9. The number of pyridine rings is 1. The minimum Gasteiger partial charge on any atom is -0.345 e. The lowest BCUT2D eigenvalue weighted by molar-refractivity contribution is -0.117. The van der Waals surface area contributed by atoms with E-state index in [1.807, 2.05) is 66.7 Å². The lowest BCUT2D eigenvalue weighted by Crippen LogP contribution is -2.28. The number of hydrogen-bond donors (Lipinski definition) is 1. The Morgan fingerprint density at radius 1 is 1.04 bits per heavy atom. The van der Waals surface area contributed by atoms with Gasteiger partial charge in [0.1, 0.15) is 0 Å². The summed E-state index contributed by atoms with van der Waals surface area (Å²) in [6, 6.07) is 21.3. The molecule has 1 aromatic heterocycles. The third kappa shape index (κ3) is 5.30. The summed E-state index contributed by atoms with van der Waals surface area (Å²) in [5.74, 6) is -0.142. The smallest absolute Gasteiger partial charge is 0.244 e. The molecule has 0 aliphatic carbocycles. The van der Waals surface area contributed by atoms with Crippen LogP contribution in [0.2, 0.25) is 5.02 Å². The Kier molecular flexibility index (Phi) is 6.18. The quantitative estimate of drug-likeness (QED) is 0.637. The molecule has 130 valence electrons. The molecule has 26 heavy (non-hydrogen) atoms. The Morgan fingerprint density at radius 2 is 1.81 bits per heavy atom. The first kappa shape index (κ1) is 17.9. The molecule has 3 aromatic rings. The van der Waals surface area contributed by atoms with Crippen LogP contribution >= 0.6 is 11.6 Å². The van der Waals surface area contributed by atoms with Crippen LogP contribution in [-0.2, 0) is 11.2 Å². The summed E-state index contributed by atoms with van der Waals surface area (Å²) < 4.78 is 0. The fourth-order valence-electron chi connectivity index (χ4n) is 2.66. The molecule has 1 amide bonds. The van der Waals surface area contributed by atoms with Gasteiger partial charge in [0.25, 0.3) is 0 Å². The van der Waals surface area contributed by atoms with Crippen molar-refractivity contribution >= 4 is 23.6 Å². The van der Waals surface area contributed by atoms with Gasteiger partial charge in [-0.1, -0.05) is 60.1 Å². The van der Waals surface area contributed by atoms with Gasteiger partial charge in [-0.3, -0.25) is 9.78 Å². The van der Waals surface area contributed by atoms with Crippen molar-refractivity contribution in [3.05, 3.63) is 107 Å². The van der Waals surface area contributed by atoms with Crippen LogP contribution in [0.15, 0.2) is 85.2 Å². The monoisotopic (exact) mass is 362 g/mol. The van der Waals surface area contributed by atoms with Gasteiger partial charge in [-0.25, -0.2) is 0 Å². The fraction of sp³-hybridized carbons (Fsp3) is 0.0909. The van der Waals surface area contributed by atoms with E-state index in [2.05, 4.69) is 10.3 Å². The van der Waals surface area contributed by atoms with Gasteiger partial charge >= 0.3 is 0 Å². The van der Waals surface area contributed by atoms with Crippen LogP contribution in [0, 0.1) is 0 Å². The summed E-state index contributed by atoms with van der Waals surface area (Å²) in [6.45, 7) is 0. The number of amides is 1. The Labute approximate surface area is 158 Å². The van der Waals surface area contributed by atoms with Crippen molar-refractivity contribution < 1.29 is 4.79 Å². The molecule has 3 nitrogen and oxygen atoms in total. The van der Waals surface area contributed by atoms with Crippen LogP contribution in [0.4, 0.5) is 0 Å². The van der Waals surface area contributed by atoms with E-state index in [1.165, 1.54) is 6.08 Å². The Bertz CT molecular complexity index is 862. The summed E-state index contributed by atoms with van der Waals surface area (Å²) in [5.41, 5.74) is 3.06. The standard InChI is InChI=1S/C22H19ClN2O/c23-20-11-8-17(9-12-20)15-21(19-6-2-1-3-7-19)25-22(26)13-10-18-5-4-14-24-16-18/h1-14,16,21H,15H2,(H,25,26). The van der Waals surface area contributed by atoms with E-state index in [9.17, 15) is 4.79 Å². The molecule has 0 fully saturated rings. The van der Waals surface area contributed by atoms with Gasteiger partial charge in [0, 0.05) is 23.5 Å².